The Kier molecular flexibility index (Phi) is 5.34. The molecule has 8 heteroatoms. The number of fused-ring (bicyclic) bond motifs is 1. The van der Waals surface area contributed by atoms with Crippen LogP contribution in [0.15, 0.2) is 48.5 Å². The van der Waals surface area contributed by atoms with Crippen molar-refractivity contribution in [2.75, 3.05) is 17.2 Å². The zero-order valence-corrected chi connectivity index (χ0v) is 16.2. The predicted molar refractivity (Wildman–Crippen MR) is 109 cm³/mol. The number of aromatic nitrogens is 1. The van der Waals surface area contributed by atoms with Gasteiger partial charge in [0, 0.05) is 23.4 Å². The maximum Gasteiger partial charge on any atom is 0.416 e. The van der Waals surface area contributed by atoms with Gasteiger partial charge < -0.3 is 15.4 Å². The molecule has 2 aromatic carbocycles. The lowest BCUT2D eigenvalue weighted by atomic mass is 10.1. The number of carbonyl (C=O) groups is 1. The fourth-order valence-electron chi connectivity index (χ4n) is 3.46. The summed E-state index contributed by atoms with van der Waals surface area (Å²) in [4.78, 5) is 16.7. The van der Waals surface area contributed by atoms with Gasteiger partial charge in [-0.05, 0) is 67.8 Å². The molecule has 5 nitrogen and oxygen atoms in total. The largest absolute Gasteiger partial charge is 0.416 e. The second-order valence-electron chi connectivity index (χ2n) is 7.25. The van der Waals surface area contributed by atoms with Crippen molar-refractivity contribution in [3.8, 4) is 0 Å². The van der Waals surface area contributed by atoms with Crippen molar-refractivity contribution < 1.29 is 22.7 Å². The molecule has 2 N–H and O–H groups in total. The van der Waals surface area contributed by atoms with Crippen LogP contribution in [0.5, 0.6) is 0 Å². The SMILES string of the molecule is Cc1cc(Nc2cccc(C(F)(F)F)c2)nc2ccc(NC(=O)[C@@H]3CCCO3)cc12. The number of amides is 1. The van der Waals surface area contributed by atoms with E-state index in [1.165, 1.54) is 6.07 Å². The minimum absolute atomic E-state index is 0.166. The van der Waals surface area contributed by atoms with Crippen LogP contribution in [0.25, 0.3) is 10.9 Å². The van der Waals surface area contributed by atoms with E-state index in [1.54, 1.807) is 24.3 Å². The first kappa shape index (κ1) is 20.2. The smallest absolute Gasteiger partial charge is 0.368 e. The van der Waals surface area contributed by atoms with Crippen molar-refractivity contribution in [1.82, 2.24) is 4.98 Å². The fraction of sp³-hybridized carbons (Fsp3) is 0.273. The summed E-state index contributed by atoms with van der Waals surface area (Å²) >= 11 is 0. The molecule has 156 valence electrons. The molecule has 0 spiro atoms. The Bertz CT molecular complexity index is 1090. The third-order valence-corrected chi connectivity index (χ3v) is 4.97. The van der Waals surface area contributed by atoms with Crippen molar-refractivity contribution in [1.29, 1.82) is 0 Å². The van der Waals surface area contributed by atoms with E-state index in [9.17, 15) is 18.0 Å². The van der Waals surface area contributed by atoms with Gasteiger partial charge in [-0.3, -0.25) is 4.79 Å². The molecule has 1 atom stereocenters. The molecule has 1 aromatic heterocycles. The summed E-state index contributed by atoms with van der Waals surface area (Å²) in [5, 5.41) is 6.64. The molecule has 1 aliphatic rings. The minimum atomic E-state index is -4.41. The second-order valence-corrected chi connectivity index (χ2v) is 7.25. The maximum atomic E-state index is 12.9. The second kappa shape index (κ2) is 7.95. The van der Waals surface area contributed by atoms with E-state index in [2.05, 4.69) is 15.6 Å². The molecule has 0 saturated carbocycles. The number of nitrogens with zero attached hydrogens (tertiary/aromatic N) is 1. The Morgan fingerprint density at radius 3 is 2.70 bits per heavy atom. The monoisotopic (exact) mass is 415 g/mol. The molecule has 0 radical (unpaired) electrons. The number of nitrogens with one attached hydrogen (secondary N) is 2. The molecule has 2 heterocycles. The Labute approximate surface area is 171 Å². The zero-order chi connectivity index (χ0) is 21.3. The first-order valence-electron chi connectivity index (χ1n) is 9.58. The summed E-state index contributed by atoms with van der Waals surface area (Å²) in [6.07, 6.45) is -3.24. The van der Waals surface area contributed by atoms with Gasteiger partial charge >= 0.3 is 6.18 Å². The standard InChI is InChI=1S/C22H20F3N3O2/c1-13-10-20(26-15-5-2-4-14(11-15)22(23,24)25)28-18-8-7-16(12-17(13)18)27-21(29)19-6-3-9-30-19/h2,4-5,7-8,10-12,19H,3,6,9H2,1H3,(H,26,28)(H,27,29)/t19-/m0/s1. The van der Waals surface area contributed by atoms with Gasteiger partial charge in [-0.15, -0.1) is 0 Å². The number of carbonyl (C=O) groups excluding carboxylic acids is 1. The summed E-state index contributed by atoms with van der Waals surface area (Å²) < 4.78 is 44.2. The van der Waals surface area contributed by atoms with Crippen molar-refractivity contribution in [2.45, 2.75) is 32.0 Å². The Morgan fingerprint density at radius 1 is 1.13 bits per heavy atom. The summed E-state index contributed by atoms with van der Waals surface area (Å²) in [6.45, 7) is 2.48. The lowest BCUT2D eigenvalue weighted by Gasteiger charge is -2.13. The number of rotatable bonds is 4. The fourth-order valence-corrected chi connectivity index (χ4v) is 3.46. The molecule has 1 fully saturated rings. The van der Waals surface area contributed by atoms with Gasteiger partial charge in [0.15, 0.2) is 0 Å². The molecular formula is C22H20F3N3O2. The van der Waals surface area contributed by atoms with Gasteiger partial charge in [0.2, 0.25) is 0 Å². The van der Waals surface area contributed by atoms with Gasteiger partial charge in [-0.1, -0.05) is 6.07 Å². The molecule has 0 bridgehead atoms. The maximum absolute atomic E-state index is 12.9. The summed E-state index contributed by atoms with van der Waals surface area (Å²) in [5.74, 6) is 0.274. The number of halogens is 3. The number of ether oxygens (including phenoxy) is 1. The van der Waals surface area contributed by atoms with E-state index in [4.69, 9.17) is 4.74 Å². The van der Waals surface area contributed by atoms with E-state index in [0.29, 0.717) is 35.7 Å². The van der Waals surface area contributed by atoms with Gasteiger partial charge in [0.1, 0.15) is 11.9 Å². The van der Waals surface area contributed by atoms with Crippen LogP contribution in [0.2, 0.25) is 0 Å². The number of hydrogen-bond donors (Lipinski definition) is 2. The highest BCUT2D eigenvalue weighted by Crippen LogP contribution is 2.32. The van der Waals surface area contributed by atoms with Crippen LogP contribution in [0.1, 0.15) is 24.0 Å². The third kappa shape index (κ3) is 4.38. The lowest BCUT2D eigenvalue weighted by molar-refractivity contribution is -0.137. The number of aryl methyl sites for hydroxylation is 1. The van der Waals surface area contributed by atoms with Gasteiger partial charge in [-0.2, -0.15) is 13.2 Å². The average Bonchev–Trinajstić information content (AvgIpc) is 3.23. The van der Waals surface area contributed by atoms with Gasteiger partial charge in [-0.25, -0.2) is 4.98 Å². The van der Waals surface area contributed by atoms with Crippen molar-refractivity contribution in [2.24, 2.45) is 0 Å². The minimum Gasteiger partial charge on any atom is -0.368 e. The molecule has 4 rings (SSSR count). The molecule has 1 amide bonds. The topological polar surface area (TPSA) is 63.2 Å². The van der Waals surface area contributed by atoms with Crippen LogP contribution in [-0.4, -0.2) is 23.6 Å². The van der Waals surface area contributed by atoms with Crippen molar-refractivity contribution in [3.05, 3.63) is 59.7 Å². The summed E-state index contributed by atoms with van der Waals surface area (Å²) in [7, 11) is 0. The molecule has 3 aromatic rings. The Hall–Kier alpha value is -3.13. The number of anilines is 3. The van der Waals surface area contributed by atoms with Crippen LogP contribution in [0.4, 0.5) is 30.4 Å². The first-order chi connectivity index (χ1) is 14.3. The van der Waals surface area contributed by atoms with E-state index in [1.807, 2.05) is 13.0 Å². The van der Waals surface area contributed by atoms with Crippen LogP contribution in [0, 0.1) is 6.92 Å². The van der Waals surface area contributed by atoms with Crippen LogP contribution in [0.3, 0.4) is 0 Å². The van der Waals surface area contributed by atoms with E-state index in [0.717, 1.165) is 29.5 Å². The number of pyridine rings is 1. The van der Waals surface area contributed by atoms with Gasteiger partial charge in [0.25, 0.3) is 5.91 Å². The highest BCUT2D eigenvalue weighted by Gasteiger charge is 2.30. The van der Waals surface area contributed by atoms with E-state index in [-0.39, 0.29) is 5.91 Å². The number of alkyl halides is 3. The third-order valence-electron chi connectivity index (χ3n) is 4.97. The van der Waals surface area contributed by atoms with Crippen LogP contribution in [-0.2, 0) is 15.7 Å². The molecule has 1 aliphatic heterocycles. The summed E-state index contributed by atoms with van der Waals surface area (Å²) in [6, 6.07) is 12.1. The first-order valence-corrected chi connectivity index (χ1v) is 9.58. The van der Waals surface area contributed by atoms with Crippen molar-refractivity contribution >= 4 is 34.0 Å². The number of benzene rings is 2. The van der Waals surface area contributed by atoms with Crippen LogP contribution >= 0.6 is 0 Å². The Balaban J connectivity index is 1.56. The highest BCUT2D eigenvalue weighted by atomic mass is 19.4. The summed E-state index contributed by atoms with van der Waals surface area (Å²) in [5.41, 5.74) is 1.77. The quantitative estimate of drug-likeness (QED) is 0.597. The van der Waals surface area contributed by atoms with E-state index < -0.39 is 17.8 Å². The lowest BCUT2D eigenvalue weighted by Crippen LogP contribution is -2.26. The zero-order valence-electron chi connectivity index (χ0n) is 16.2. The normalized spacial score (nSPS) is 16.6. The highest BCUT2D eigenvalue weighted by molar-refractivity contribution is 5.97. The molecule has 0 aliphatic carbocycles. The molecule has 30 heavy (non-hydrogen) atoms. The van der Waals surface area contributed by atoms with Crippen LogP contribution < -0.4 is 10.6 Å². The number of hydrogen-bond acceptors (Lipinski definition) is 4. The molecule has 1 saturated heterocycles. The predicted octanol–water partition coefficient (Wildman–Crippen LogP) is 5.42. The molecule has 0 unspecified atom stereocenters. The van der Waals surface area contributed by atoms with E-state index >= 15 is 0 Å². The average molecular weight is 415 g/mol. The molecular weight excluding hydrogens is 395 g/mol. The Morgan fingerprint density at radius 2 is 1.97 bits per heavy atom. The van der Waals surface area contributed by atoms with Crippen molar-refractivity contribution in [3.63, 3.8) is 0 Å². The van der Waals surface area contributed by atoms with Gasteiger partial charge in [0.05, 0.1) is 11.1 Å².